The van der Waals surface area contributed by atoms with Crippen molar-refractivity contribution in [3.8, 4) is 0 Å². The maximum absolute atomic E-state index is 10.9. The molecule has 0 aliphatic heterocycles. The molecule has 3 nitrogen and oxygen atoms in total. The number of carbonyl (C=O) groups excluding carboxylic acids is 1. The van der Waals surface area contributed by atoms with Gasteiger partial charge >= 0.3 is 0 Å². The van der Waals surface area contributed by atoms with Gasteiger partial charge in [-0.3, -0.25) is 10.2 Å². The van der Waals surface area contributed by atoms with Crippen molar-refractivity contribution in [2.24, 2.45) is 0 Å². The van der Waals surface area contributed by atoms with Crippen LogP contribution >= 0.6 is 0 Å². The number of ether oxygens (including phenoxy) is 1. The average molecular weight is 177 g/mol. The Kier molecular flexibility index (Phi) is 3.20. The molecular formula is C10H11NO2. The van der Waals surface area contributed by atoms with Gasteiger partial charge in [-0.1, -0.05) is 24.3 Å². The summed E-state index contributed by atoms with van der Waals surface area (Å²) in [5, 5.41) is 6.66. The van der Waals surface area contributed by atoms with Gasteiger partial charge in [0.25, 0.3) is 0 Å². The first-order chi connectivity index (χ1) is 6.24. The molecular weight excluding hydrogens is 166 g/mol. The molecule has 13 heavy (non-hydrogen) atoms. The van der Waals surface area contributed by atoms with Gasteiger partial charge < -0.3 is 4.74 Å². The highest BCUT2D eigenvalue weighted by molar-refractivity contribution is 5.93. The smallest absolute Gasteiger partial charge is 0.167 e. The Labute approximate surface area is 76.9 Å². The third-order valence-corrected chi connectivity index (χ3v) is 1.69. The van der Waals surface area contributed by atoms with Crippen molar-refractivity contribution >= 4 is 12.2 Å². The minimum Gasteiger partial charge on any atom is -0.479 e. The van der Waals surface area contributed by atoms with Crippen LogP contribution in [0, 0.1) is 5.41 Å². The molecule has 1 aromatic rings. The summed E-state index contributed by atoms with van der Waals surface area (Å²) in [6.07, 6.45) is 0.902. The third-order valence-electron chi connectivity index (χ3n) is 1.69. The zero-order valence-electron chi connectivity index (χ0n) is 7.41. The van der Waals surface area contributed by atoms with E-state index in [1.54, 1.807) is 12.1 Å². The molecule has 0 fully saturated rings. The predicted octanol–water partition coefficient (Wildman–Crippen LogP) is 2.01. The number of hydrogen-bond donors (Lipinski definition) is 1. The summed E-state index contributed by atoms with van der Waals surface area (Å²) in [6.45, 7) is 1.91. The number of rotatable bonds is 4. The Morgan fingerprint density at radius 1 is 1.46 bits per heavy atom. The quantitative estimate of drug-likeness (QED) is 0.434. The van der Waals surface area contributed by atoms with Crippen molar-refractivity contribution in [2.45, 2.75) is 13.5 Å². The van der Waals surface area contributed by atoms with Crippen LogP contribution in [0.2, 0.25) is 0 Å². The molecule has 0 atom stereocenters. The molecule has 68 valence electrons. The Hall–Kier alpha value is -1.64. The molecule has 0 aliphatic rings. The van der Waals surface area contributed by atoms with Crippen LogP contribution in [-0.2, 0) is 11.3 Å². The standard InChI is InChI=1S/C10H11NO2/c1-8(12)10-4-2-9(3-5-10)6-13-7-11/h2-5,7,11H,6H2,1H3. The van der Waals surface area contributed by atoms with E-state index in [1.807, 2.05) is 12.1 Å². The van der Waals surface area contributed by atoms with Gasteiger partial charge in [0.2, 0.25) is 0 Å². The summed E-state index contributed by atoms with van der Waals surface area (Å²) in [5.41, 5.74) is 1.65. The molecule has 0 spiro atoms. The van der Waals surface area contributed by atoms with E-state index >= 15 is 0 Å². The van der Waals surface area contributed by atoms with Crippen LogP contribution in [0.3, 0.4) is 0 Å². The van der Waals surface area contributed by atoms with E-state index in [1.165, 1.54) is 6.92 Å². The van der Waals surface area contributed by atoms with Crippen molar-refractivity contribution in [2.75, 3.05) is 0 Å². The minimum atomic E-state index is 0.0551. The molecule has 0 radical (unpaired) electrons. The van der Waals surface area contributed by atoms with E-state index in [0.29, 0.717) is 12.2 Å². The first-order valence-electron chi connectivity index (χ1n) is 3.94. The van der Waals surface area contributed by atoms with Crippen LogP contribution in [0.25, 0.3) is 0 Å². The molecule has 3 heteroatoms. The summed E-state index contributed by atoms with van der Waals surface area (Å²) >= 11 is 0. The van der Waals surface area contributed by atoms with Crippen LogP contribution in [0.4, 0.5) is 0 Å². The largest absolute Gasteiger partial charge is 0.479 e. The predicted molar refractivity (Wildman–Crippen MR) is 50.0 cm³/mol. The Balaban J connectivity index is 2.69. The molecule has 0 aliphatic carbocycles. The van der Waals surface area contributed by atoms with Crippen LogP contribution in [0.5, 0.6) is 0 Å². The highest BCUT2D eigenvalue weighted by Gasteiger charge is 1.98. The Bertz CT molecular complexity index is 303. The first kappa shape index (κ1) is 9.45. The van der Waals surface area contributed by atoms with E-state index < -0.39 is 0 Å². The molecule has 1 aromatic carbocycles. The Morgan fingerprint density at radius 3 is 2.54 bits per heavy atom. The number of Topliss-reactive ketones (excluding diaryl/α,β-unsaturated/α-hetero) is 1. The van der Waals surface area contributed by atoms with Gasteiger partial charge in [-0.25, -0.2) is 0 Å². The molecule has 0 amide bonds. The highest BCUT2D eigenvalue weighted by Crippen LogP contribution is 2.05. The Morgan fingerprint density at radius 2 is 2.08 bits per heavy atom. The molecule has 0 aromatic heterocycles. The fraction of sp³-hybridized carbons (Fsp3) is 0.200. The first-order valence-corrected chi connectivity index (χ1v) is 3.94. The van der Waals surface area contributed by atoms with Gasteiger partial charge in [-0.2, -0.15) is 0 Å². The van der Waals surface area contributed by atoms with Gasteiger partial charge in [0.05, 0.1) is 0 Å². The maximum Gasteiger partial charge on any atom is 0.167 e. The fourth-order valence-electron chi connectivity index (χ4n) is 0.974. The molecule has 0 saturated heterocycles. The van der Waals surface area contributed by atoms with Gasteiger partial charge in [0.1, 0.15) is 6.61 Å². The summed E-state index contributed by atoms with van der Waals surface area (Å²) in [7, 11) is 0. The second-order valence-corrected chi connectivity index (χ2v) is 2.68. The lowest BCUT2D eigenvalue weighted by Gasteiger charge is -2.00. The van der Waals surface area contributed by atoms with E-state index in [2.05, 4.69) is 0 Å². The molecule has 0 bridgehead atoms. The third kappa shape index (κ3) is 2.71. The van der Waals surface area contributed by atoms with Crippen molar-refractivity contribution in [3.63, 3.8) is 0 Å². The second kappa shape index (κ2) is 4.40. The number of benzene rings is 1. The molecule has 1 N–H and O–H groups in total. The van der Waals surface area contributed by atoms with Gasteiger partial charge in [-0.15, -0.1) is 0 Å². The van der Waals surface area contributed by atoms with Crippen molar-refractivity contribution < 1.29 is 9.53 Å². The van der Waals surface area contributed by atoms with E-state index in [9.17, 15) is 4.79 Å². The SMILES string of the molecule is CC(=O)c1ccc(COC=N)cc1. The summed E-state index contributed by atoms with van der Waals surface area (Å²) < 4.78 is 4.78. The fourth-order valence-corrected chi connectivity index (χ4v) is 0.974. The van der Waals surface area contributed by atoms with E-state index in [0.717, 1.165) is 12.0 Å². The van der Waals surface area contributed by atoms with Crippen LogP contribution in [0.1, 0.15) is 22.8 Å². The van der Waals surface area contributed by atoms with E-state index in [-0.39, 0.29) is 5.78 Å². The van der Waals surface area contributed by atoms with Crippen LogP contribution < -0.4 is 0 Å². The minimum absolute atomic E-state index is 0.0551. The second-order valence-electron chi connectivity index (χ2n) is 2.68. The van der Waals surface area contributed by atoms with Gasteiger partial charge in [0.15, 0.2) is 12.2 Å². The lowest BCUT2D eigenvalue weighted by Crippen LogP contribution is -1.94. The molecule has 0 heterocycles. The lowest BCUT2D eigenvalue weighted by molar-refractivity contribution is 0.101. The lowest BCUT2D eigenvalue weighted by atomic mass is 10.1. The summed E-state index contributed by atoms with van der Waals surface area (Å²) in [6, 6.07) is 7.15. The number of hydrogen-bond acceptors (Lipinski definition) is 3. The monoisotopic (exact) mass is 177 g/mol. The number of ketones is 1. The van der Waals surface area contributed by atoms with Crippen molar-refractivity contribution in [1.29, 1.82) is 5.41 Å². The van der Waals surface area contributed by atoms with Crippen molar-refractivity contribution in [1.82, 2.24) is 0 Å². The molecule has 0 saturated carbocycles. The van der Waals surface area contributed by atoms with Gasteiger partial charge in [0, 0.05) is 5.56 Å². The van der Waals surface area contributed by atoms with Crippen LogP contribution in [0.15, 0.2) is 24.3 Å². The molecule has 0 unspecified atom stereocenters. The number of nitrogens with one attached hydrogen (secondary N) is 1. The van der Waals surface area contributed by atoms with Crippen molar-refractivity contribution in [3.05, 3.63) is 35.4 Å². The average Bonchev–Trinajstić information content (AvgIpc) is 2.15. The van der Waals surface area contributed by atoms with Crippen LogP contribution in [-0.4, -0.2) is 12.2 Å². The topological polar surface area (TPSA) is 50.2 Å². The summed E-state index contributed by atoms with van der Waals surface area (Å²) in [5.74, 6) is 0.0551. The zero-order chi connectivity index (χ0) is 9.68. The zero-order valence-corrected chi connectivity index (χ0v) is 7.41. The highest BCUT2D eigenvalue weighted by atomic mass is 16.5. The molecule has 1 rings (SSSR count). The van der Waals surface area contributed by atoms with E-state index in [4.69, 9.17) is 10.1 Å². The van der Waals surface area contributed by atoms with Gasteiger partial charge in [-0.05, 0) is 12.5 Å². The maximum atomic E-state index is 10.9. The summed E-state index contributed by atoms with van der Waals surface area (Å²) in [4.78, 5) is 10.9. The normalized spacial score (nSPS) is 9.31. The number of carbonyl (C=O) groups is 1.